The van der Waals surface area contributed by atoms with E-state index in [1.807, 2.05) is 0 Å². The molecule has 0 aliphatic carbocycles. The van der Waals surface area contributed by atoms with Crippen molar-refractivity contribution >= 4 is 17.0 Å². The van der Waals surface area contributed by atoms with Gasteiger partial charge in [-0.2, -0.15) is 0 Å². The monoisotopic (exact) mass is 249 g/mol. The predicted molar refractivity (Wildman–Crippen MR) is 60.9 cm³/mol. The van der Waals surface area contributed by atoms with E-state index in [1.54, 1.807) is 19.1 Å². The Hall–Kier alpha value is -2.31. The summed E-state index contributed by atoms with van der Waals surface area (Å²) in [7, 11) is 0. The van der Waals surface area contributed by atoms with Gasteiger partial charge in [0.15, 0.2) is 11.5 Å². The lowest BCUT2D eigenvalue weighted by atomic mass is 10.2. The Labute approximate surface area is 102 Å². The van der Waals surface area contributed by atoms with Gasteiger partial charge in [-0.1, -0.05) is 5.21 Å². The smallest absolute Gasteiger partial charge is 0.328 e. The summed E-state index contributed by atoms with van der Waals surface area (Å²) in [4.78, 5) is 11.0. The van der Waals surface area contributed by atoms with Crippen LogP contribution in [0.4, 0.5) is 0 Å². The van der Waals surface area contributed by atoms with E-state index in [9.17, 15) is 4.79 Å². The van der Waals surface area contributed by atoms with Crippen LogP contribution in [0.2, 0.25) is 0 Å². The van der Waals surface area contributed by atoms with Crippen molar-refractivity contribution in [1.82, 2.24) is 15.0 Å². The minimum Gasteiger partial charge on any atom is -0.486 e. The fourth-order valence-corrected chi connectivity index (χ4v) is 1.87. The van der Waals surface area contributed by atoms with Gasteiger partial charge in [-0.15, -0.1) is 5.10 Å². The van der Waals surface area contributed by atoms with Crippen molar-refractivity contribution in [3.8, 4) is 11.5 Å². The molecule has 1 atom stereocenters. The molecule has 0 saturated carbocycles. The van der Waals surface area contributed by atoms with Crippen LogP contribution in [0.1, 0.15) is 13.0 Å². The molecule has 0 bridgehead atoms. The summed E-state index contributed by atoms with van der Waals surface area (Å²) in [5, 5.41) is 16.8. The number of hydrogen-bond acceptors (Lipinski definition) is 5. The Bertz CT molecular complexity index is 622. The third-order valence-electron chi connectivity index (χ3n) is 2.86. The van der Waals surface area contributed by atoms with Crippen LogP contribution >= 0.6 is 0 Å². The van der Waals surface area contributed by atoms with Gasteiger partial charge in [-0.05, 0) is 6.92 Å². The molecule has 1 aliphatic heterocycles. The number of aliphatic carboxylic acids is 1. The maximum Gasteiger partial charge on any atom is 0.328 e. The van der Waals surface area contributed by atoms with E-state index in [0.29, 0.717) is 35.7 Å². The summed E-state index contributed by atoms with van der Waals surface area (Å²) in [6.45, 7) is 2.53. The first-order chi connectivity index (χ1) is 8.66. The van der Waals surface area contributed by atoms with E-state index in [1.165, 1.54) is 4.68 Å². The Kier molecular flexibility index (Phi) is 2.32. The lowest BCUT2D eigenvalue weighted by Crippen LogP contribution is -2.17. The average molecular weight is 249 g/mol. The highest BCUT2D eigenvalue weighted by Gasteiger charge is 2.21. The Balaban J connectivity index is 2.15. The molecule has 1 aliphatic rings. The van der Waals surface area contributed by atoms with Crippen LogP contribution in [0, 0.1) is 0 Å². The van der Waals surface area contributed by atoms with Gasteiger partial charge in [-0.25, -0.2) is 9.48 Å². The summed E-state index contributed by atoms with van der Waals surface area (Å²) < 4.78 is 12.2. The zero-order chi connectivity index (χ0) is 12.7. The van der Waals surface area contributed by atoms with Crippen LogP contribution in [0.15, 0.2) is 12.1 Å². The molecule has 2 aromatic rings. The summed E-state index contributed by atoms with van der Waals surface area (Å²) in [5.41, 5.74) is 1.21. The quantitative estimate of drug-likeness (QED) is 0.849. The molecule has 1 unspecified atom stereocenters. The van der Waals surface area contributed by atoms with Crippen molar-refractivity contribution in [3.63, 3.8) is 0 Å². The lowest BCUT2D eigenvalue weighted by Gasteiger charge is -2.18. The predicted octanol–water partition coefficient (Wildman–Crippen LogP) is 0.848. The number of hydrogen-bond donors (Lipinski definition) is 1. The first-order valence-electron chi connectivity index (χ1n) is 5.54. The maximum absolute atomic E-state index is 11.0. The fraction of sp³-hybridized carbons (Fsp3) is 0.364. The van der Waals surface area contributed by atoms with Crippen molar-refractivity contribution in [2.24, 2.45) is 0 Å². The molecule has 18 heavy (non-hydrogen) atoms. The van der Waals surface area contributed by atoms with Gasteiger partial charge in [0.2, 0.25) is 0 Å². The average Bonchev–Trinajstić information content (AvgIpc) is 2.77. The number of fused-ring (bicyclic) bond motifs is 2. The molecule has 1 aromatic heterocycles. The largest absolute Gasteiger partial charge is 0.486 e. The summed E-state index contributed by atoms with van der Waals surface area (Å²) in [6, 6.07) is 2.64. The van der Waals surface area contributed by atoms with Crippen LogP contribution in [-0.2, 0) is 4.79 Å². The highest BCUT2D eigenvalue weighted by Crippen LogP contribution is 2.34. The van der Waals surface area contributed by atoms with Crippen LogP contribution < -0.4 is 9.47 Å². The number of rotatable bonds is 2. The van der Waals surface area contributed by atoms with Crippen molar-refractivity contribution in [2.45, 2.75) is 13.0 Å². The third kappa shape index (κ3) is 1.55. The second-order valence-corrected chi connectivity index (χ2v) is 4.03. The second-order valence-electron chi connectivity index (χ2n) is 4.03. The van der Waals surface area contributed by atoms with Crippen LogP contribution in [0.5, 0.6) is 11.5 Å². The molecular formula is C11H11N3O4. The molecule has 0 fully saturated rings. The van der Waals surface area contributed by atoms with Crippen LogP contribution in [0.3, 0.4) is 0 Å². The van der Waals surface area contributed by atoms with Gasteiger partial charge < -0.3 is 14.6 Å². The number of nitrogens with zero attached hydrogens (tertiary/aromatic N) is 3. The molecule has 94 valence electrons. The first-order valence-corrected chi connectivity index (χ1v) is 5.54. The summed E-state index contributed by atoms with van der Waals surface area (Å²) in [6.07, 6.45) is 0. The lowest BCUT2D eigenvalue weighted by molar-refractivity contribution is -0.140. The molecule has 1 N–H and O–H groups in total. The van der Waals surface area contributed by atoms with Crippen LogP contribution in [0.25, 0.3) is 11.0 Å². The molecule has 7 nitrogen and oxygen atoms in total. The van der Waals surface area contributed by atoms with E-state index < -0.39 is 12.0 Å². The molecule has 1 aromatic carbocycles. The van der Waals surface area contributed by atoms with Gasteiger partial charge in [0, 0.05) is 12.1 Å². The van der Waals surface area contributed by atoms with E-state index >= 15 is 0 Å². The minimum atomic E-state index is -0.961. The summed E-state index contributed by atoms with van der Waals surface area (Å²) >= 11 is 0. The van der Waals surface area contributed by atoms with E-state index in [4.69, 9.17) is 14.6 Å². The minimum absolute atomic E-state index is 0.481. The van der Waals surface area contributed by atoms with E-state index in [2.05, 4.69) is 10.3 Å². The molecule has 0 radical (unpaired) electrons. The summed E-state index contributed by atoms with van der Waals surface area (Å²) in [5.74, 6) is 0.246. The number of ether oxygens (including phenoxy) is 2. The zero-order valence-corrected chi connectivity index (χ0v) is 9.66. The molecule has 2 heterocycles. The molecule has 7 heteroatoms. The van der Waals surface area contributed by atoms with Gasteiger partial charge in [0.25, 0.3) is 0 Å². The Morgan fingerprint density at radius 3 is 2.72 bits per heavy atom. The van der Waals surface area contributed by atoms with Gasteiger partial charge in [0.1, 0.15) is 24.8 Å². The first kappa shape index (κ1) is 10.8. The molecule has 3 rings (SSSR count). The van der Waals surface area contributed by atoms with Crippen molar-refractivity contribution in [2.75, 3.05) is 13.2 Å². The standard InChI is InChI=1S/C11H11N3O4/c1-6(11(15)16)14-8-5-10-9(17-2-3-18-10)4-7(8)12-13-14/h4-6H,2-3H2,1H3,(H,15,16). The van der Waals surface area contributed by atoms with E-state index in [0.717, 1.165) is 0 Å². The highest BCUT2D eigenvalue weighted by atomic mass is 16.6. The number of carboxylic acid groups (broad SMARTS) is 1. The maximum atomic E-state index is 11.0. The zero-order valence-electron chi connectivity index (χ0n) is 9.66. The SMILES string of the molecule is CC(C(=O)O)n1nnc2cc3c(cc21)OCCO3. The number of aromatic nitrogens is 3. The third-order valence-corrected chi connectivity index (χ3v) is 2.86. The van der Waals surface area contributed by atoms with E-state index in [-0.39, 0.29) is 0 Å². The van der Waals surface area contributed by atoms with Crippen molar-refractivity contribution in [3.05, 3.63) is 12.1 Å². The molecular weight excluding hydrogens is 238 g/mol. The van der Waals surface area contributed by atoms with Gasteiger partial charge >= 0.3 is 5.97 Å². The molecule has 0 spiro atoms. The molecule has 0 saturated heterocycles. The van der Waals surface area contributed by atoms with Crippen molar-refractivity contribution in [1.29, 1.82) is 0 Å². The fourth-order valence-electron chi connectivity index (χ4n) is 1.87. The number of benzene rings is 1. The second kappa shape index (κ2) is 3.86. The molecule has 0 amide bonds. The number of carboxylic acids is 1. The highest BCUT2D eigenvalue weighted by molar-refractivity contribution is 5.81. The Morgan fingerprint density at radius 2 is 2.06 bits per heavy atom. The van der Waals surface area contributed by atoms with Gasteiger partial charge in [0.05, 0.1) is 5.52 Å². The normalized spacial score (nSPS) is 15.6. The van der Waals surface area contributed by atoms with Crippen molar-refractivity contribution < 1.29 is 19.4 Å². The topological polar surface area (TPSA) is 86.5 Å². The van der Waals surface area contributed by atoms with Gasteiger partial charge in [-0.3, -0.25) is 0 Å². The van der Waals surface area contributed by atoms with Crippen LogP contribution in [-0.4, -0.2) is 39.3 Å². The number of carbonyl (C=O) groups is 1. The Morgan fingerprint density at radius 1 is 1.39 bits per heavy atom.